The number of para-hydroxylation sites is 1. The van der Waals surface area contributed by atoms with Crippen molar-refractivity contribution in [2.45, 2.75) is 6.42 Å². The molecule has 94 valence electrons. The van der Waals surface area contributed by atoms with Crippen molar-refractivity contribution in [3.05, 3.63) is 46.2 Å². The van der Waals surface area contributed by atoms with Gasteiger partial charge in [0.25, 0.3) is 0 Å². The maximum absolute atomic E-state index is 10.6. The third-order valence-electron chi connectivity index (χ3n) is 2.32. The highest BCUT2D eigenvalue weighted by molar-refractivity contribution is 9.10. The summed E-state index contributed by atoms with van der Waals surface area (Å²) in [5.74, 6) is -0.278. The van der Waals surface area contributed by atoms with Gasteiger partial charge in [-0.1, -0.05) is 12.1 Å². The first-order valence-corrected chi connectivity index (χ1v) is 6.11. The molecule has 5 nitrogen and oxygen atoms in total. The zero-order valence-electron chi connectivity index (χ0n) is 9.39. The van der Waals surface area contributed by atoms with Gasteiger partial charge in [-0.25, -0.2) is 4.79 Å². The van der Waals surface area contributed by atoms with Crippen molar-refractivity contribution in [1.29, 1.82) is 0 Å². The van der Waals surface area contributed by atoms with E-state index < -0.39 is 5.97 Å². The van der Waals surface area contributed by atoms with Crippen LogP contribution in [0, 0.1) is 0 Å². The molecular formula is C12H11BrN2O3. The molecule has 2 N–H and O–H groups in total. The Kier molecular flexibility index (Phi) is 3.99. The van der Waals surface area contributed by atoms with Crippen molar-refractivity contribution in [2.24, 2.45) is 0 Å². The highest BCUT2D eigenvalue weighted by Gasteiger charge is 2.08. The summed E-state index contributed by atoms with van der Waals surface area (Å²) in [6.45, 7) is 0.448. The fraction of sp³-hybridized carbons (Fsp3) is 0.167. The van der Waals surface area contributed by atoms with E-state index in [9.17, 15) is 4.79 Å². The number of aromatic amines is 1. The number of rotatable bonds is 5. The van der Waals surface area contributed by atoms with Gasteiger partial charge in [-0.2, -0.15) is 5.10 Å². The molecule has 0 aliphatic carbocycles. The van der Waals surface area contributed by atoms with Crippen LogP contribution in [0.5, 0.6) is 5.75 Å². The number of hydrogen-bond acceptors (Lipinski definition) is 3. The second-order valence-corrected chi connectivity index (χ2v) is 4.47. The predicted molar refractivity (Wildman–Crippen MR) is 68.9 cm³/mol. The standard InChI is InChI=1S/C12H11BrN2O3/c13-9-3-1-2-4-11(9)18-6-5-8-7-10(12(16)17)15-14-8/h1-4,7H,5-6H2,(H,14,15)(H,16,17). The van der Waals surface area contributed by atoms with E-state index in [4.69, 9.17) is 9.84 Å². The molecule has 0 bridgehead atoms. The first-order valence-electron chi connectivity index (χ1n) is 5.31. The molecule has 1 heterocycles. The molecule has 0 aliphatic heterocycles. The molecule has 6 heteroatoms. The number of nitrogens with zero attached hydrogens (tertiary/aromatic N) is 1. The second-order valence-electron chi connectivity index (χ2n) is 3.61. The Bertz CT molecular complexity index is 554. The van der Waals surface area contributed by atoms with Gasteiger partial charge < -0.3 is 9.84 Å². The van der Waals surface area contributed by atoms with E-state index in [2.05, 4.69) is 26.1 Å². The minimum absolute atomic E-state index is 0.0193. The van der Waals surface area contributed by atoms with Crippen LogP contribution in [0.15, 0.2) is 34.8 Å². The number of carbonyl (C=O) groups is 1. The van der Waals surface area contributed by atoms with E-state index in [1.54, 1.807) is 0 Å². The molecule has 1 aromatic heterocycles. The molecule has 0 spiro atoms. The first kappa shape index (κ1) is 12.6. The van der Waals surface area contributed by atoms with E-state index in [0.29, 0.717) is 13.0 Å². The Morgan fingerprint density at radius 2 is 2.22 bits per heavy atom. The molecule has 0 unspecified atom stereocenters. The Labute approximate surface area is 112 Å². The number of hydrogen-bond donors (Lipinski definition) is 2. The van der Waals surface area contributed by atoms with Gasteiger partial charge >= 0.3 is 5.97 Å². The number of halogens is 1. The van der Waals surface area contributed by atoms with E-state index >= 15 is 0 Å². The molecule has 0 radical (unpaired) electrons. The number of aromatic nitrogens is 2. The third-order valence-corrected chi connectivity index (χ3v) is 2.97. The maximum Gasteiger partial charge on any atom is 0.356 e. The number of nitrogens with one attached hydrogen (secondary N) is 1. The molecule has 1 aromatic carbocycles. The average Bonchev–Trinajstić information content (AvgIpc) is 2.80. The smallest absolute Gasteiger partial charge is 0.356 e. The molecular weight excluding hydrogens is 300 g/mol. The van der Waals surface area contributed by atoms with Gasteiger partial charge in [0, 0.05) is 12.1 Å². The molecule has 0 saturated heterocycles. The number of ether oxygens (including phenoxy) is 1. The van der Waals surface area contributed by atoms with Crippen molar-refractivity contribution in [1.82, 2.24) is 10.2 Å². The number of H-pyrrole nitrogens is 1. The van der Waals surface area contributed by atoms with Crippen molar-refractivity contribution < 1.29 is 14.6 Å². The average molecular weight is 311 g/mol. The van der Waals surface area contributed by atoms with Crippen molar-refractivity contribution in [3.8, 4) is 5.75 Å². The molecule has 0 amide bonds. The Balaban J connectivity index is 1.88. The minimum atomic E-state index is -1.04. The van der Waals surface area contributed by atoms with Crippen LogP contribution < -0.4 is 4.74 Å². The molecule has 0 aliphatic rings. The van der Waals surface area contributed by atoms with E-state index in [-0.39, 0.29) is 5.69 Å². The summed E-state index contributed by atoms with van der Waals surface area (Å²) >= 11 is 3.38. The number of aromatic carboxylic acids is 1. The van der Waals surface area contributed by atoms with Gasteiger partial charge in [0.05, 0.1) is 11.1 Å². The predicted octanol–water partition coefficient (Wildman–Crippen LogP) is 2.49. The molecule has 2 rings (SSSR count). The Hall–Kier alpha value is -1.82. The van der Waals surface area contributed by atoms with Crippen LogP contribution in [0.25, 0.3) is 0 Å². The SMILES string of the molecule is O=C(O)c1cc(CCOc2ccccc2Br)[nH]n1. The van der Waals surface area contributed by atoms with Crippen LogP contribution in [0.1, 0.15) is 16.2 Å². The Morgan fingerprint density at radius 1 is 1.44 bits per heavy atom. The van der Waals surface area contributed by atoms with Gasteiger partial charge in [-0.3, -0.25) is 5.10 Å². The quantitative estimate of drug-likeness (QED) is 0.889. The summed E-state index contributed by atoms with van der Waals surface area (Å²) in [5.41, 5.74) is 0.755. The second kappa shape index (κ2) is 5.68. The van der Waals surface area contributed by atoms with Gasteiger partial charge in [-0.15, -0.1) is 0 Å². The van der Waals surface area contributed by atoms with Gasteiger partial charge in [-0.05, 0) is 34.1 Å². The summed E-state index contributed by atoms with van der Waals surface area (Å²) in [7, 11) is 0. The fourth-order valence-electron chi connectivity index (χ4n) is 1.43. The van der Waals surface area contributed by atoms with Gasteiger partial charge in [0.15, 0.2) is 5.69 Å². The largest absolute Gasteiger partial charge is 0.492 e. The monoisotopic (exact) mass is 310 g/mol. The van der Waals surface area contributed by atoms with Crippen LogP contribution in [0.4, 0.5) is 0 Å². The normalized spacial score (nSPS) is 10.3. The van der Waals surface area contributed by atoms with Crippen molar-refractivity contribution in [2.75, 3.05) is 6.61 Å². The molecule has 18 heavy (non-hydrogen) atoms. The lowest BCUT2D eigenvalue weighted by atomic mass is 10.3. The highest BCUT2D eigenvalue weighted by atomic mass is 79.9. The summed E-state index contributed by atoms with van der Waals surface area (Å²) in [6, 6.07) is 9.06. The molecule has 0 atom stereocenters. The van der Waals surface area contributed by atoms with Crippen LogP contribution in [0.3, 0.4) is 0 Å². The zero-order chi connectivity index (χ0) is 13.0. The van der Waals surface area contributed by atoms with Crippen LogP contribution >= 0.6 is 15.9 Å². The summed E-state index contributed by atoms with van der Waals surface area (Å²) in [6.07, 6.45) is 0.571. The summed E-state index contributed by atoms with van der Waals surface area (Å²) in [4.78, 5) is 10.6. The van der Waals surface area contributed by atoms with E-state index in [1.807, 2.05) is 24.3 Å². The lowest BCUT2D eigenvalue weighted by molar-refractivity contribution is 0.0690. The molecule has 2 aromatic rings. The lowest BCUT2D eigenvalue weighted by Gasteiger charge is -2.06. The van der Waals surface area contributed by atoms with Crippen molar-refractivity contribution >= 4 is 21.9 Å². The number of benzene rings is 1. The maximum atomic E-state index is 10.6. The van der Waals surface area contributed by atoms with E-state index in [1.165, 1.54) is 6.07 Å². The van der Waals surface area contributed by atoms with Crippen molar-refractivity contribution in [3.63, 3.8) is 0 Å². The first-order chi connectivity index (χ1) is 8.66. The van der Waals surface area contributed by atoms with Crippen LogP contribution in [0.2, 0.25) is 0 Å². The highest BCUT2D eigenvalue weighted by Crippen LogP contribution is 2.23. The van der Waals surface area contributed by atoms with Gasteiger partial charge in [0.1, 0.15) is 5.75 Å². The lowest BCUT2D eigenvalue weighted by Crippen LogP contribution is -2.02. The third kappa shape index (κ3) is 3.10. The van der Waals surface area contributed by atoms with Crippen LogP contribution in [-0.2, 0) is 6.42 Å². The topological polar surface area (TPSA) is 75.2 Å². The number of carboxylic acids is 1. The fourth-order valence-corrected chi connectivity index (χ4v) is 1.83. The molecule has 0 saturated carbocycles. The summed E-state index contributed by atoms with van der Waals surface area (Å²) in [5, 5.41) is 15.1. The van der Waals surface area contributed by atoms with Crippen LogP contribution in [-0.4, -0.2) is 27.9 Å². The van der Waals surface area contributed by atoms with E-state index in [0.717, 1.165) is 15.9 Å². The zero-order valence-corrected chi connectivity index (χ0v) is 11.0. The number of carboxylic acid groups (broad SMARTS) is 1. The van der Waals surface area contributed by atoms with Gasteiger partial charge in [0.2, 0.25) is 0 Å². The Morgan fingerprint density at radius 3 is 2.89 bits per heavy atom. The molecule has 0 fully saturated rings. The minimum Gasteiger partial charge on any atom is -0.492 e. The summed E-state index contributed by atoms with van der Waals surface area (Å²) < 4.78 is 6.46.